The summed E-state index contributed by atoms with van der Waals surface area (Å²) >= 11 is 0. The van der Waals surface area contributed by atoms with Gasteiger partial charge in [0.05, 0.1) is 18.4 Å². The van der Waals surface area contributed by atoms with E-state index in [0.29, 0.717) is 24.7 Å². The highest BCUT2D eigenvalue weighted by atomic mass is 16.1. The van der Waals surface area contributed by atoms with Gasteiger partial charge in [-0.2, -0.15) is 5.10 Å². The predicted molar refractivity (Wildman–Crippen MR) is 94.1 cm³/mol. The zero-order chi connectivity index (χ0) is 17.8. The molecule has 0 unspecified atom stereocenters. The lowest BCUT2D eigenvalue weighted by Crippen LogP contribution is -2.30. The zero-order valence-electron chi connectivity index (χ0n) is 14.5. The summed E-state index contributed by atoms with van der Waals surface area (Å²) in [5.74, 6) is 1.24. The van der Waals surface area contributed by atoms with Gasteiger partial charge in [-0.05, 0) is 13.3 Å². The molecule has 0 spiro atoms. The van der Waals surface area contributed by atoms with Crippen LogP contribution in [-0.4, -0.2) is 43.6 Å². The molecule has 0 aliphatic carbocycles. The molecule has 2 N–H and O–H groups in total. The van der Waals surface area contributed by atoms with Gasteiger partial charge in [-0.15, -0.1) is 0 Å². The van der Waals surface area contributed by atoms with Crippen molar-refractivity contribution < 1.29 is 4.79 Å². The summed E-state index contributed by atoms with van der Waals surface area (Å²) in [6.45, 7) is 6.30. The number of nitrogens with zero attached hydrogens (tertiary/aromatic N) is 4. The highest BCUT2D eigenvalue weighted by molar-refractivity contribution is 5.87. The Morgan fingerprint density at radius 3 is 2.92 bits per heavy atom. The number of anilines is 1. The van der Waals surface area contributed by atoms with Gasteiger partial charge in [0.25, 0.3) is 5.56 Å². The Morgan fingerprint density at radius 2 is 2.24 bits per heavy atom. The second kappa shape index (κ2) is 7.43. The molecule has 1 amide bonds. The van der Waals surface area contributed by atoms with Crippen molar-refractivity contribution in [2.45, 2.75) is 33.4 Å². The minimum atomic E-state index is -0.111. The van der Waals surface area contributed by atoms with Crippen molar-refractivity contribution in [2.24, 2.45) is 0 Å². The summed E-state index contributed by atoms with van der Waals surface area (Å²) in [7, 11) is 0. The maximum atomic E-state index is 11.5. The molecule has 25 heavy (non-hydrogen) atoms. The first kappa shape index (κ1) is 17.1. The van der Waals surface area contributed by atoms with Gasteiger partial charge in [-0.3, -0.25) is 14.5 Å². The standard InChI is InChI=1S/C17H22N6O2/c1-12-19-15(9-17(25)20-12)11-22-7-4-14(5-8-22)10-23-16(3-6-18-23)21-13(2)24/h3-4,6,9H,5,7-8,10-11H2,1-2H3,(H,21,24)(H,19,20,25). The topological polar surface area (TPSA) is 95.9 Å². The normalized spacial score (nSPS) is 15.0. The van der Waals surface area contributed by atoms with E-state index in [-0.39, 0.29) is 11.5 Å². The van der Waals surface area contributed by atoms with E-state index in [1.807, 2.05) is 0 Å². The maximum absolute atomic E-state index is 11.5. The van der Waals surface area contributed by atoms with E-state index in [2.05, 4.69) is 31.4 Å². The number of carbonyl (C=O) groups excluding carboxylic acids is 1. The molecule has 2 aromatic rings. The lowest BCUT2D eigenvalue weighted by Gasteiger charge is -2.26. The Morgan fingerprint density at radius 1 is 1.40 bits per heavy atom. The molecule has 0 aromatic carbocycles. The van der Waals surface area contributed by atoms with E-state index >= 15 is 0 Å². The minimum Gasteiger partial charge on any atom is -0.311 e. The first-order chi connectivity index (χ1) is 12.0. The molecule has 8 heteroatoms. The number of amides is 1. The molecule has 0 saturated carbocycles. The number of aryl methyl sites for hydroxylation is 1. The third kappa shape index (κ3) is 4.63. The van der Waals surface area contributed by atoms with E-state index in [4.69, 9.17) is 0 Å². The summed E-state index contributed by atoms with van der Waals surface area (Å²) in [6, 6.07) is 3.34. The number of aromatic nitrogens is 4. The second-order valence-electron chi connectivity index (χ2n) is 6.22. The van der Waals surface area contributed by atoms with Crippen LogP contribution in [0.1, 0.15) is 24.9 Å². The number of hydrogen-bond acceptors (Lipinski definition) is 5. The van der Waals surface area contributed by atoms with E-state index in [1.54, 1.807) is 29.9 Å². The Labute approximate surface area is 145 Å². The van der Waals surface area contributed by atoms with Crippen molar-refractivity contribution in [3.8, 4) is 0 Å². The molecule has 0 fully saturated rings. The van der Waals surface area contributed by atoms with Gasteiger partial charge in [0, 0.05) is 38.7 Å². The summed E-state index contributed by atoms with van der Waals surface area (Å²) in [4.78, 5) is 32.0. The third-order valence-electron chi connectivity index (χ3n) is 4.06. The van der Waals surface area contributed by atoms with Gasteiger partial charge in [0.2, 0.25) is 5.91 Å². The van der Waals surface area contributed by atoms with Crippen molar-refractivity contribution in [1.29, 1.82) is 0 Å². The first-order valence-electron chi connectivity index (χ1n) is 8.26. The first-order valence-corrected chi connectivity index (χ1v) is 8.26. The van der Waals surface area contributed by atoms with Gasteiger partial charge in [-0.1, -0.05) is 11.6 Å². The average Bonchev–Trinajstić information content (AvgIpc) is 2.94. The number of hydrogen-bond donors (Lipinski definition) is 2. The van der Waals surface area contributed by atoms with E-state index in [9.17, 15) is 9.59 Å². The summed E-state index contributed by atoms with van der Waals surface area (Å²) < 4.78 is 1.80. The number of carbonyl (C=O) groups is 1. The summed E-state index contributed by atoms with van der Waals surface area (Å²) in [5, 5.41) is 7.05. The van der Waals surface area contributed by atoms with Crippen LogP contribution in [0.25, 0.3) is 0 Å². The molecule has 2 aromatic heterocycles. The van der Waals surface area contributed by atoms with E-state index in [0.717, 1.165) is 25.2 Å². The van der Waals surface area contributed by atoms with Crippen LogP contribution in [0.2, 0.25) is 0 Å². The largest absolute Gasteiger partial charge is 0.311 e. The molecular weight excluding hydrogens is 320 g/mol. The van der Waals surface area contributed by atoms with Crippen LogP contribution in [0.5, 0.6) is 0 Å². The van der Waals surface area contributed by atoms with Gasteiger partial charge in [0.15, 0.2) is 0 Å². The molecule has 8 nitrogen and oxygen atoms in total. The van der Waals surface area contributed by atoms with Crippen molar-refractivity contribution in [3.05, 3.63) is 51.9 Å². The van der Waals surface area contributed by atoms with Crippen molar-refractivity contribution in [3.63, 3.8) is 0 Å². The third-order valence-corrected chi connectivity index (χ3v) is 4.06. The fourth-order valence-electron chi connectivity index (χ4n) is 2.93. The van der Waals surface area contributed by atoms with Crippen LogP contribution in [0.3, 0.4) is 0 Å². The summed E-state index contributed by atoms with van der Waals surface area (Å²) in [5.41, 5.74) is 1.96. The van der Waals surface area contributed by atoms with E-state index in [1.165, 1.54) is 12.5 Å². The zero-order valence-corrected chi connectivity index (χ0v) is 14.5. The Balaban J connectivity index is 1.60. The van der Waals surface area contributed by atoms with Crippen LogP contribution in [0, 0.1) is 6.92 Å². The van der Waals surface area contributed by atoms with Crippen LogP contribution in [0.15, 0.2) is 34.8 Å². The molecule has 3 rings (SSSR count). The fraction of sp³-hybridized carbons (Fsp3) is 0.412. The quantitative estimate of drug-likeness (QED) is 0.792. The highest BCUT2D eigenvalue weighted by Gasteiger charge is 2.15. The van der Waals surface area contributed by atoms with Crippen LogP contribution < -0.4 is 10.9 Å². The molecule has 1 aliphatic rings. The van der Waals surface area contributed by atoms with E-state index < -0.39 is 0 Å². The molecule has 1 aliphatic heterocycles. The lowest BCUT2D eigenvalue weighted by molar-refractivity contribution is -0.114. The summed E-state index contributed by atoms with van der Waals surface area (Å²) in [6.07, 6.45) is 4.78. The Kier molecular flexibility index (Phi) is 5.08. The molecule has 132 valence electrons. The molecule has 0 radical (unpaired) electrons. The Hall–Kier alpha value is -2.74. The second-order valence-corrected chi connectivity index (χ2v) is 6.22. The Bertz CT molecular complexity index is 851. The maximum Gasteiger partial charge on any atom is 0.251 e. The SMILES string of the molecule is CC(=O)Nc1ccnn1CC1=CCN(Cc2cc(=O)[nH]c(C)n2)CC1. The minimum absolute atomic E-state index is 0.105. The highest BCUT2D eigenvalue weighted by Crippen LogP contribution is 2.17. The fourth-order valence-corrected chi connectivity index (χ4v) is 2.93. The molecule has 0 atom stereocenters. The predicted octanol–water partition coefficient (Wildman–Crippen LogP) is 1.07. The van der Waals surface area contributed by atoms with Gasteiger partial charge in [0.1, 0.15) is 11.6 Å². The molecule has 3 heterocycles. The number of H-pyrrole nitrogens is 1. The molecule has 0 saturated heterocycles. The lowest BCUT2D eigenvalue weighted by atomic mass is 10.1. The molecule has 0 bridgehead atoms. The number of nitrogens with one attached hydrogen (secondary N) is 2. The monoisotopic (exact) mass is 342 g/mol. The number of rotatable bonds is 5. The smallest absolute Gasteiger partial charge is 0.251 e. The van der Waals surface area contributed by atoms with Gasteiger partial charge in [-0.25, -0.2) is 9.67 Å². The van der Waals surface area contributed by atoms with Gasteiger partial charge < -0.3 is 10.3 Å². The van der Waals surface area contributed by atoms with Gasteiger partial charge >= 0.3 is 0 Å². The van der Waals surface area contributed by atoms with Crippen molar-refractivity contribution in [1.82, 2.24) is 24.6 Å². The number of aromatic amines is 1. The average molecular weight is 342 g/mol. The molecular formula is C17H22N6O2. The van der Waals surface area contributed by atoms with Crippen molar-refractivity contribution in [2.75, 3.05) is 18.4 Å². The van der Waals surface area contributed by atoms with Crippen LogP contribution in [0.4, 0.5) is 5.82 Å². The van der Waals surface area contributed by atoms with Crippen molar-refractivity contribution >= 4 is 11.7 Å². The van der Waals surface area contributed by atoms with Crippen LogP contribution >= 0.6 is 0 Å². The van der Waals surface area contributed by atoms with Crippen LogP contribution in [-0.2, 0) is 17.9 Å².